The first-order valence-electron chi connectivity index (χ1n) is 11.7. The first kappa shape index (κ1) is 27.7. The third-order valence-corrected chi connectivity index (χ3v) is 7.78. The Balaban J connectivity index is 1.28. The molecule has 0 aliphatic heterocycles. The van der Waals surface area contributed by atoms with E-state index in [9.17, 15) is 0 Å². The molecule has 0 amide bonds. The number of halogens is 3. The van der Waals surface area contributed by atoms with E-state index in [-0.39, 0.29) is 6.61 Å². The van der Waals surface area contributed by atoms with E-state index in [1.165, 1.54) is 0 Å². The molecule has 4 rings (SSSR count). The zero-order chi connectivity index (χ0) is 26.0. The Hall–Kier alpha value is -2.30. The SMILES string of the molecule is CCOc1cc(CNCCCSc2nnnn2-c2ccccc2)c(Br)cc1OCc1c(Cl)cccc1Cl. The average molecular weight is 623 g/mol. The fourth-order valence-electron chi connectivity index (χ4n) is 3.50. The molecule has 0 atom stereocenters. The maximum absolute atomic E-state index is 6.29. The monoisotopic (exact) mass is 621 g/mol. The molecule has 0 spiro atoms. The molecule has 37 heavy (non-hydrogen) atoms. The highest BCUT2D eigenvalue weighted by molar-refractivity contribution is 9.10. The van der Waals surface area contributed by atoms with Crippen LogP contribution in [0.4, 0.5) is 0 Å². The summed E-state index contributed by atoms with van der Waals surface area (Å²) in [7, 11) is 0. The second kappa shape index (κ2) is 14.0. The van der Waals surface area contributed by atoms with Crippen LogP contribution in [0.5, 0.6) is 11.5 Å². The third kappa shape index (κ3) is 7.61. The Morgan fingerprint density at radius 1 is 1.00 bits per heavy atom. The zero-order valence-corrected chi connectivity index (χ0v) is 24.1. The first-order chi connectivity index (χ1) is 18.1. The summed E-state index contributed by atoms with van der Waals surface area (Å²) in [6.45, 7) is 4.25. The van der Waals surface area contributed by atoms with E-state index < -0.39 is 0 Å². The minimum atomic E-state index is 0.244. The van der Waals surface area contributed by atoms with Gasteiger partial charge in [-0.15, -0.1) is 5.10 Å². The van der Waals surface area contributed by atoms with Crippen LogP contribution in [0.25, 0.3) is 5.69 Å². The van der Waals surface area contributed by atoms with Crippen LogP contribution in [-0.2, 0) is 13.2 Å². The van der Waals surface area contributed by atoms with Gasteiger partial charge in [0.25, 0.3) is 0 Å². The lowest BCUT2D eigenvalue weighted by Gasteiger charge is -2.16. The lowest BCUT2D eigenvalue weighted by molar-refractivity contribution is 0.269. The summed E-state index contributed by atoms with van der Waals surface area (Å²) in [5.74, 6) is 2.19. The van der Waals surface area contributed by atoms with Gasteiger partial charge in [-0.2, -0.15) is 4.68 Å². The fraction of sp³-hybridized carbons (Fsp3) is 0.269. The summed E-state index contributed by atoms with van der Waals surface area (Å²) >= 11 is 17.9. The maximum Gasteiger partial charge on any atom is 0.214 e. The van der Waals surface area contributed by atoms with Crippen molar-refractivity contribution in [2.75, 3.05) is 18.9 Å². The lowest BCUT2D eigenvalue weighted by atomic mass is 10.2. The number of aromatic nitrogens is 4. The molecule has 194 valence electrons. The minimum Gasteiger partial charge on any atom is -0.490 e. The number of nitrogens with one attached hydrogen (secondary N) is 1. The van der Waals surface area contributed by atoms with Crippen molar-refractivity contribution in [1.29, 1.82) is 0 Å². The molecule has 0 radical (unpaired) electrons. The van der Waals surface area contributed by atoms with E-state index in [1.54, 1.807) is 28.6 Å². The van der Waals surface area contributed by atoms with Crippen molar-refractivity contribution < 1.29 is 9.47 Å². The van der Waals surface area contributed by atoms with E-state index in [2.05, 4.69) is 36.8 Å². The summed E-state index contributed by atoms with van der Waals surface area (Å²) in [6.07, 6.45) is 0.960. The number of tetrazole rings is 1. The number of nitrogens with zero attached hydrogens (tertiary/aromatic N) is 4. The van der Waals surface area contributed by atoms with Gasteiger partial charge in [-0.3, -0.25) is 0 Å². The highest BCUT2D eigenvalue weighted by Gasteiger charge is 2.14. The highest BCUT2D eigenvalue weighted by atomic mass is 79.9. The molecular formula is C26H26BrCl2N5O2S. The van der Waals surface area contributed by atoms with Gasteiger partial charge in [-0.05, 0) is 72.3 Å². The van der Waals surface area contributed by atoms with Gasteiger partial charge in [-0.1, -0.05) is 75.2 Å². The second-order valence-electron chi connectivity index (χ2n) is 7.90. The number of hydrogen-bond donors (Lipinski definition) is 1. The predicted molar refractivity (Wildman–Crippen MR) is 152 cm³/mol. The molecule has 0 saturated heterocycles. The Morgan fingerprint density at radius 3 is 2.51 bits per heavy atom. The maximum atomic E-state index is 6.29. The van der Waals surface area contributed by atoms with E-state index in [0.29, 0.717) is 34.7 Å². The second-order valence-corrected chi connectivity index (χ2v) is 10.6. The van der Waals surface area contributed by atoms with E-state index >= 15 is 0 Å². The van der Waals surface area contributed by atoms with Crippen LogP contribution in [0.1, 0.15) is 24.5 Å². The zero-order valence-electron chi connectivity index (χ0n) is 20.2. The highest BCUT2D eigenvalue weighted by Crippen LogP contribution is 2.35. The van der Waals surface area contributed by atoms with Crippen LogP contribution in [0, 0.1) is 0 Å². The molecule has 1 aromatic heterocycles. The molecule has 0 unspecified atom stereocenters. The van der Waals surface area contributed by atoms with Crippen LogP contribution < -0.4 is 14.8 Å². The van der Waals surface area contributed by atoms with Gasteiger partial charge in [0.2, 0.25) is 5.16 Å². The van der Waals surface area contributed by atoms with Crippen LogP contribution in [-0.4, -0.2) is 39.1 Å². The Bertz CT molecular complexity index is 1290. The molecule has 0 saturated carbocycles. The summed E-state index contributed by atoms with van der Waals surface area (Å²) < 4.78 is 14.6. The van der Waals surface area contributed by atoms with Gasteiger partial charge < -0.3 is 14.8 Å². The van der Waals surface area contributed by atoms with Crippen LogP contribution in [0.15, 0.2) is 70.3 Å². The number of thioether (sulfide) groups is 1. The number of para-hydroxylation sites is 1. The molecule has 1 heterocycles. The molecule has 0 fully saturated rings. The van der Waals surface area contributed by atoms with Crippen LogP contribution in [0.3, 0.4) is 0 Å². The van der Waals surface area contributed by atoms with Crippen molar-refractivity contribution in [3.05, 3.63) is 86.3 Å². The fourth-order valence-corrected chi connectivity index (χ4v) is 5.30. The summed E-state index contributed by atoms with van der Waals surface area (Å²) in [5.41, 5.74) is 2.77. The molecule has 1 N–H and O–H groups in total. The van der Waals surface area contributed by atoms with Crippen molar-refractivity contribution in [3.8, 4) is 17.2 Å². The van der Waals surface area contributed by atoms with Crippen molar-refractivity contribution in [2.45, 2.75) is 31.7 Å². The van der Waals surface area contributed by atoms with E-state index in [4.69, 9.17) is 32.7 Å². The standard InChI is InChI=1S/C26H26BrCl2N5O2S/c1-2-35-24-14-18(21(27)15-25(24)36-17-20-22(28)10-6-11-23(20)29)16-30-12-7-13-37-26-31-32-33-34(26)19-8-4-3-5-9-19/h3-6,8-11,14-15,30H,2,7,12-13,16-17H2,1H3. The first-order valence-corrected chi connectivity index (χ1v) is 14.3. The van der Waals surface area contributed by atoms with Crippen molar-refractivity contribution in [2.24, 2.45) is 0 Å². The summed E-state index contributed by atoms with van der Waals surface area (Å²) in [4.78, 5) is 0. The molecule has 0 bridgehead atoms. The van der Waals surface area contributed by atoms with Crippen LogP contribution in [0.2, 0.25) is 10.0 Å². The summed E-state index contributed by atoms with van der Waals surface area (Å²) in [6, 6.07) is 19.2. The number of hydrogen-bond acceptors (Lipinski definition) is 7. The predicted octanol–water partition coefficient (Wildman–Crippen LogP) is 6.98. The van der Waals surface area contributed by atoms with Gasteiger partial charge in [-0.25, -0.2) is 0 Å². The smallest absolute Gasteiger partial charge is 0.214 e. The van der Waals surface area contributed by atoms with Gasteiger partial charge in [0, 0.05) is 32.4 Å². The molecule has 0 aliphatic carbocycles. The van der Waals surface area contributed by atoms with Gasteiger partial charge >= 0.3 is 0 Å². The van der Waals surface area contributed by atoms with E-state index in [0.717, 1.165) is 45.2 Å². The number of benzene rings is 3. The normalized spacial score (nSPS) is 11.0. The molecule has 3 aromatic carbocycles. The van der Waals surface area contributed by atoms with Crippen molar-refractivity contribution in [3.63, 3.8) is 0 Å². The lowest BCUT2D eigenvalue weighted by Crippen LogP contribution is -2.16. The van der Waals surface area contributed by atoms with Crippen molar-refractivity contribution >= 4 is 50.9 Å². The van der Waals surface area contributed by atoms with Crippen LogP contribution >= 0.6 is 50.9 Å². The quantitative estimate of drug-likeness (QED) is 0.127. The molecule has 4 aromatic rings. The van der Waals surface area contributed by atoms with Crippen molar-refractivity contribution in [1.82, 2.24) is 25.5 Å². The minimum absolute atomic E-state index is 0.244. The molecular weight excluding hydrogens is 597 g/mol. The van der Waals surface area contributed by atoms with E-state index in [1.807, 2.05) is 55.5 Å². The van der Waals surface area contributed by atoms with Gasteiger partial charge in [0.1, 0.15) is 6.61 Å². The Labute approximate surface area is 239 Å². The van der Waals surface area contributed by atoms with Gasteiger partial charge in [0.15, 0.2) is 11.5 Å². The average Bonchev–Trinajstić information content (AvgIpc) is 3.37. The summed E-state index contributed by atoms with van der Waals surface area (Å²) in [5, 5.41) is 17.5. The third-order valence-electron chi connectivity index (χ3n) is 5.33. The Kier molecular flexibility index (Phi) is 10.5. The number of ether oxygens (including phenoxy) is 2. The molecule has 7 nitrogen and oxygen atoms in total. The molecule has 0 aliphatic rings. The molecule has 11 heteroatoms. The van der Waals surface area contributed by atoms with Gasteiger partial charge in [0.05, 0.1) is 12.3 Å². The Morgan fingerprint density at radius 2 is 1.76 bits per heavy atom. The number of rotatable bonds is 13. The topological polar surface area (TPSA) is 74.1 Å². The largest absolute Gasteiger partial charge is 0.490 e.